The van der Waals surface area contributed by atoms with Crippen LogP contribution < -0.4 is 5.32 Å². The van der Waals surface area contributed by atoms with Crippen LogP contribution in [0.3, 0.4) is 0 Å². The quantitative estimate of drug-likeness (QED) is 0.866. The predicted molar refractivity (Wildman–Crippen MR) is 77.5 cm³/mol. The largest absolute Gasteiger partial charge is 0.313 e. The summed E-state index contributed by atoms with van der Waals surface area (Å²) in [6.07, 6.45) is 0.490. The number of hydrogen-bond donors (Lipinski definition) is 1. The highest BCUT2D eigenvalue weighted by atomic mass is 19.2. The molecule has 0 aromatic heterocycles. The van der Waals surface area contributed by atoms with Gasteiger partial charge in [-0.15, -0.1) is 0 Å². The van der Waals surface area contributed by atoms with E-state index in [1.807, 2.05) is 44.3 Å². The molecule has 0 saturated heterocycles. The van der Waals surface area contributed by atoms with Gasteiger partial charge in [-0.25, -0.2) is 8.78 Å². The van der Waals surface area contributed by atoms with Gasteiger partial charge in [0.25, 0.3) is 0 Å². The Kier molecular flexibility index (Phi) is 4.85. The first kappa shape index (κ1) is 14.7. The zero-order valence-electron chi connectivity index (χ0n) is 11.7. The second-order valence-electron chi connectivity index (χ2n) is 5.07. The molecule has 0 radical (unpaired) electrons. The van der Waals surface area contributed by atoms with Crippen molar-refractivity contribution in [1.82, 2.24) is 5.32 Å². The zero-order valence-corrected chi connectivity index (χ0v) is 11.7. The molecule has 0 amide bonds. The number of rotatable bonds is 5. The topological polar surface area (TPSA) is 12.0 Å². The van der Waals surface area contributed by atoms with E-state index in [9.17, 15) is 8.78 Å². The Hall–Kier alpha value is -1.74. The molecule has 1 N–H and O–H groups in total. The normalized spacial score (nSPS) is 14.0. The fourth-order valence-electron chi connectivity index (χ4n) is 2.61. The average Bonchev–Trinajstić information content (AvgIpc) is 2.46. The molecular formula is C17H19F2N. The molecular weight excluding hydrogens is 256 g/mol. The van der Waals surface area contributed by atoms with E-state index in [-0.39, 0.29) is 12.0 Å². The van der Waals surface area contributed by atoms with Crippen LogP contribution in [-0.4, -0.2) is 7.05 Å². The Morgan fingerprint density at radius 2 is 1.70 bits per heavy atom. The van der Waals surface area contributed by atoms with Crippen LogP contribution in [0.1, 0.15) is 24.1 Å². The second-order valence-corrected chi connectivity index (χ2v) is 5.07. The molecule has 0 bridgehead atoms. The minimum atomic E-state index is -0.782. The summed E-state index contributed by atoms with van der Waals surface area (Å²) in [7, 11) is 1.89. The van der Waals surface area contributed by atoms with Crippen LogP contribution in [0.15, 0.2) is 48.5 Å². The third-order valence-corrected chi connectivity index (χ3v) is 3.61. The fourth-order valence-corrected chi connectivity index (χ4v) is 2.61. The third kappa shape index (κ3) is 3.23. The van der Waals surface area contributed by atoms with Crippen molar-refractivity contribution in [3.8, 4) is 0 Å². The standard InChI is InChI=1S/C17H19F2N/c1-12(11-14-9-6-10-15(18)16(14)19)17(20-2)13-7-4-3-5-8-13/h3-10,12,17,20H,11H2,1-2H3. The molecule has 1 nitrogen and oxygen atoms in total. The van der Waals surface area contributed by atoms with Crippen molar-refractivity contribution >= 4 is 0 Å². The smallest absolute Gasteiger partial charge is 0.162 e. The van der Waals surface area contributed by atoms with Crippen molar-refractivity contribution in [2.75, 3.05) is 7.05 Å². The van der Waals surface area contributed by atoms with Crippen molar-refractivity contribution in [1.29, 1.82) is 0 Å². The van der Waals surface area contributed by atoms with Crippen LogP contribution in [0, 0.1) is 17.6 Å². The van der Waals surface area contributed by atoms with E-state index < -0.39 is 11.6 Å². The van der Waals surface area contributed by atoms with E-state index in [0.29, 0.717) is 12.0 Å². The summed E-state index contributed by atoms with van der Waals surface area (Å²) >= 11 is 0. The Bertz CT molecular complexity index is 554. The predicted octanol–water partition coefficient (Wildman–Crippen LogP) is 4.10. The van der Waals surface area contributed by atoms with Gasteiger partial charge in [-0.2, -0.15) is 0 Å². The molecule has 0 saturated carbocycles. The van der Waals surface area contributed by atoms with E-state index in [1.165, 1.54) is 0 Å². The van der Waals surface area contributed by atoms with E-state index in [0.717, 1.165) is 11.6 Å². The van der Waals surface area contributed by atoms with Crippen LogP contribution >= 0.6 is 0 Å². The molecule has 0 aliphatic heterocycles. The number of halogens is 2. The first-order valence-corrected chi connectivity index (χ1v) is 6.78. The summed E-state index contributed by atoms with van der Waals surface area (Å²) in [6.45, 7) is 2.04. The molecule has 2 unspecified atom stereocenters. The molecule has 20 heavy (non-hydrogen) atoms. The lowest BCUT2D eigenvalue weighted by Crippen LogP contribution is -2.25. The SMILES string of the molecule is CNC(c1ccccc1)C(C)Cc1cccc(F)c1F. The third-order valence-electron chi connectivity index (χ3n) is 3.61. The summed E-state index contributed by atoms with van der Waals surface area (Å²) in [5.74, 6) is -1.36. The van der Waals surface area contributed by atoms with Gasteiger partial charge in [0.05, 0.1) is 0 Å². The maximum Gasteiger partial charge on any atom is 0.162 e. The Morgan fingerprint density at radius 1 is 1.00 bits per heavy atom. The Morgan fingerprint density at radius 3 is 2.35 bits per heavy atom. The molecule has 0 spiro atoms. The molecule has 0 heterocycles. The lowest BCUT2D eigenvalue weighted by Gasteiger charge is -2.24. The molecule has 2 rings (SSSR count). The Balaban J connectivity index is 2.18. The van der Waals surface area contributed by atoms with Gasteiger partial charge in [-0.3, -0.25) is 0 Å². The summed E-state index contributed by atoms with van der Waals surface area (Å²) in [5.41, 5.74) is 1.58. The van der Waals surface area contributed by atoms with Crippen molar-refractivity contribution in [3.63, 3.8) is 0 Å². The van der Waals surface area contributed by atoms with Gasteiger partial charge < -0.3 is 5.32 Å². The van der Waals surface area contributed by atoms with Crippen molar-refractivity contribution in [2.45, 2.75) is 19.4 Å². The summed E-state index contributed by atoms with van der Waals surface area (Å²) < 4.78 is 27.0. The monoisotopic (exact) mass is 275 g/mol. The van der Waals surface area contributed by atoms with Crippen molar-refractivity contribution in [2.24, 2.45) is 5.92 Å². The van der Waals surface area contributed by atoms with Gasteiger partial charge >= 0.3 is 0 Å². The van der Waals surface area contributed by atoms with Gasteiger partial charge in [0, 0.05) is 6.04 Å². The van der Waals surface area contributed by atoms with E-state index in [2.05, 4.69) is 5.32 Å². The Labute approximate surface area is 118 Å². The molecule has 0 aliphatic carbocycles. The molecule has 3 heteroatoms. The van der Waals surface area contributed by atoms with Crippen molar-refractivity contribution in [3.05, 3.63) is 71.3 Å². The summed E-state index contributed by atoms with van der Waals surface area (Å²) in [6, 6.07) is 14.5. The highest BCUT2D eigenvalue weighted by molar-refractivity contribution is 5.23. The van der Waals surface area contributed by atoms with Crippen LogP contribution in [0.25, 0.3) is 0 Å². The van der Waals surface area contributed by atoms with Crippen LogP contribution in [0.5, 0.6) is 0 Å². The lowest BCUT2D eigenvalue weighted by atomic mass is 9.89. The van der Waals surface area contributed by atoms with Gasteiger partial charge in [0.2, 0.25) is 0 Å². The van der Waals surface area contributed by atoms with Crippen LogP contribution in [0.4, 0.5) is 8.78 Å². The molecule has 2 atom stereocenters. The molecule has 0 aliphatic rings. The fraction of sp³-hybridized carbons (Fsp3) is 0.294. The second kappa shape index (κ2) is 6.62. The summed E-state index contributed by atoms with van der Waals surface area (Å²) in [5, 5.41) is 3.26. The first-order chi connectivity index (χ1) is 9.63. The van der Waals surface area contributed by atoms with E-state index in [1.54, 1.807) is 12.1 Å². The number of hydrogen-bond acceptors (Lipinski definition) is 1. The van der Waals surface area contributed by atoms with E-state index in [4.69, 9.17) is 0 Å². The zero-order chi connectivity index (χ0) is 14.5. The minimum Gasteiger partial charge on any atom is -0.313 e. The van der Waals surface area contributed by atoms with Crippen LogP contribution in [-0.2, 0) is 6.42 Å². The van der Waals surface area contributed by atoms with Crippen molar-refractivity contribution < 1.29 is 8.78 Å². The highest BCUT2D eigenvalue weighted by Gasteiger charge is 2.19. The van der Waals surface area contributed by atoms with E-state index >= 15 is 0 Å². The van der Waals surface area contributed by atoms with Gasteiger partial charge in [0.1, 0.15) is 0 Å². The first-order valence-electron chi connectivity index (χ1n) is 6.78. The molecule has 0 fully saturated rings. The summed E-state index contributed by atoms with van der Waals surface area (Å²) in [4.78, 5) is 0. The minimum absolute atomic E-state index is 0.110. The average molecular weight is 275 g/mol. The molecule has 2 aromatic rings. The van der Waals surface area contributed by atoms with Gasteiger partial charge in [0.15, 0.2) is 11.6 Å². The number of benzene rings is 2. The highest BCUT2D eigenvalue weighted by Crippen LogP contribution is 2.26. The maximum absolute atomic E-state index is 13.7. The number of nitrogens with one attached hydrogen (secondary N) is 1. The molecule has 2 aromatic carbocycles. The van der Waals surface area contributed by atoms with Crippen LogP contribution in [0.2, 0.25) is 0 Å². The maximum atomic E-state index is 13.7. The van der Waals surface area contributed by atoms with Gasteiger partial charge in [-0.05, 0) is 36.6 Å². The van der Waals surface area contributed by atoms with Gasteiger partial charge in [-0.1, -0.05) is 49.4 Å². The lowest BCUT2D eigenvalue weighted by molar-refractivity contribution is 0.398. The molecule has 106 valence electrons.